The first-order valence-corrected chi connectivity index (χ1v) is 8.82. The van der Waals surface area contributed by atoms with Gasteiger partial charge in [0, 0.05) is 17.3 Å². The molecule has 2 rings (SSSR count). The summed E-state index contributed by atoms with van der Waals surface area (Å²) < 4.78 is 11.5. The summed E-state index contributed by atoms with van der Waals surface area (Å²) in [5, 5.41) is 5.82. The van der Waals surface area contributed by atoms with Crippen molar-refractivity contribution in [3.63, 3.8) is 0 Å². The summed E-state index contributed by atoms with van der Waals surface area (Å²) in [5.41, 5.74) is 1.22. The maximum atomic E-state index is 12.3. The summed E-state index contributed by atoms with van der Waals surface area (Å²) in [5.74, 6) is 1.11. The fourth-order valence-corrected chi connectivity index (χ4v) is 2.91. The minimum atomic E-state index is -0.294. The zero-order valence-corrected chi connectivity index (χ0v) is 16.5. The van der Waals surface area contributed by atoms with Crippen LogP contribution in [0.15, 0.2) is 55.1 Å². The van der Waals surface area contributed by atoms with E-state index in [4.69, 9.17) is 21.7 Å². The highest BCUT2D eigenvalue weighted by Gasteiger charge is 2.10. The van der Waals surface area contributed by atoms with Crippen LogP contribution in [0.3, 0.4) is 0 Å². The Balaban J connectivity index is 1.98. The molecule has 0 heterocycles. The lowest BCUT2D eigenvalue weighted by Gasteiger charge is -2.11. The number of nitrogens with one attached hydrogen (secondary N) is 2. The number of methoxy groups -OCH3 is 1. The molecule has 0 atom stereocenters. The van der Waals surface area contributed by atoms with Gasteiger partial charge in [0.2, 0.25) is 0 Å². The average Bonchev–Trinajstić information content (AvgIpc) is 2.60. The lowest BCUT2D eigenvalue weighted by atomic mass is 10.2. The highest BCUT2D eigenvalue weighted by atomic mass is 127. The molecule has 0 aliphatic heterocycles. The van der Waals surface area contributed by atoms with Gasteiger partial charge < -0.3 is 14.8 Å². The van der Waals surface area contributed by atoms with Crippen molar-refractivity contribution in [2.24, 2.45) is 0 Å². The molecule has 0 bridgehead atoms. The third-order valence-electron chi connectivity index (χ3n) is 3.10. The number of carbonyl (C=O) groups excluding carboxylic acids is 1. The topological polar surface area (TPSA) is 59.6 Å². The van der Waals surface area contributed by atoms with Crippen LogP contribution in [-0.4, -0.2) is 24.7 Å². The molecule has 0 saturated heterocycles. The molecule has 130 valence electrons. The van der Waals surface area contributed by atoms with Gasteiger partial charge >= 0.3 is 0 Å². The predicted molar refractivity (Wildman–Crippen MR) is 112 cm³/mol. The molecule has 2 aromatic rings. The molecule has 0 spiro atoms. The summed E-state index contributed by atoms with van der Waals surface area (Å²) in [6, 6.07) is 12.4. The minimum absolute atomic E-state index is 0.205. The second-order valence-electron chi connectivity index (χ2n) is 4.89. The Morgan fingerprint density at radius 1 is 1.32 bits per heavy atom. The normalized spacial score (nSPS) is 9.84. The first-order valence-electron chi connectivity index (χ1n) is 7.33. The average molecular weight is 468 g/mol. The maximum Gasteiger partial charge on any atom is 0.257 e. The van der Waals surface area contributed by atoms with Gasteiger partial charge in [0.1, 0.15) is 18.1 Å². The number of carbonyl (C=O) groups is 1. The summed E-state index contributed by atoms with van der Waals surface area (Å²) in [4.78, 5) is 12.3. The zero-order chi connectivity index (χ0) is 18.2. The van der Waals surface area contributed by atoms with E-state index in [-0.39, 0.29) is 11.0 Å². The van der Waals surface area contributed by atoms with E-state index in [1.807, 2.05) is 18.2 Å². The van der Waals surface area contributed by atoms with Crippen LogP contribution in [0.2, 0.25) is 0 Å². The second kappa shape index (κ2) is 9.38. The van der Waals surface area contributed by atoms with Crippen LogP contribution in [0.25, 0.3) is 0 Å². The van der Waals surface area contributed by atoms with Crippen molar-refractivity contribution in [2.75, 3.05) is 19.0 Å². The Morgan fingerprint density at radius 3 is 2.80 bits per heavy atom. The van der Waals surface area contributed by atoms with Gasteiger partial charge in [-0.05, 0) is 65.1 Å². The van der Waals surface area contributed by atoms with Crippen molar-refractivity contribution in [3.05, 3.63) is 64.3 Å². The van der Waals surface area contributed by atoms with Gasteiger partial charge in [-0.2, -0.15) is 0 Å². The van der Waals surface area contributed by atoms with Crippen molar-refractivity contribution in [2.45, 2.75) is 0 Å². The van der Waals surface area contributed by atoms with Crippen molar-refractivity contribution >= 4 is 51.5 Å². The number of hydrogen-bond acceptors (Lipinski definition) is 4. The number of halogens is 1. The lowest BCUT2D eigenvalue weighted by molar-refractivity contribution is 0.0977. The molecule has 5 nitrogen and oxygen atoms in total. The van der Waals surface area contributed by atoms with Crippen LogP contribution < -0.4 is 20.1 Å². The molecule has 1 amide bonds. The highest BCUT2D eigenvalue weighted by Crippen LogP contribution is 2.21. The van der Waals surface area contributed by atoms with Crippen LogP contribution in [0, 0.1) is 3.57 Å². The fraction of sp³-hybridized carbons (Fsp3) is 0.111. The van der Waals surface area contributed by atoms with Crippen LogP contribution in [0.5, 0.6) is 11.5 Å². The van der Waals surface area contributed by atoms with Crippen LogP contribution >= 0.6 is 34.8 Å². The van der Waals surface area contributed by atoms with Crippen molar-refractivity contribution < 1.29 is 14.3 Å². The van der Waals surface area contributed by atoms with Crippen molar-refractivity contribution in [1.29, 1.82) is 0 Å². The van der Waals surface area contributed by atoms with E-state index < -0.39 is 0 Å². The molecule has 7 heteroatoms. The van der Waals surface area contributed by atoms with E-state index in [1.165, 1.54) is 0 Å². The van der Waals surface area contributed by atoms with Gasteiger partial charge in [-0.1, -0.05) is 18.7 Å². The number of rotatable bonds is 6. The van der Waals surface area contributed by atoms with E-state index in [0.717, 1.165) is 9.26 Å². The Kier molecular flexibility index (Phi) is 7.20. The molecule has 2 N–H and O–H groups in total. The lowest BCUT2D eigenvalue weighted by Crippen LogP contribution is -2.34. The van der Waals surface area contributed by atoms with Crippen LogP contribution in [-0.2, 0) is 0 Å². The summed E-state index contributed by atoms with van der Waals surface area (Å²) in [6.45, 7) is 4.03. The molecule has 25 heavy (non-hydrogen) atoms. The Morgan fingerprint density at radius 2 is 2.12 bits per heavy atom. The molecule has 0 saturated carbocycles. The number of anilines is 1. The monoisotopic (exact) mass is 468 g/mol. The van der Waals surface area contributed by atoms with E-state index in [9.17, 15) is 4.79 Å². The van der Waals surface area contributed by atoms with Crippen LogP contribution in [0.1, 0.15) is 10.4 Å². The second-order valence-corrected chi connectivity index (χ2v) is 6.46. The van der Waals surface area contributed by atoms with Gasteiger partial charge in [0.25, 0.3) is 5.91 Å². The zero-order valence-electron chi connectivity index (χ0n) is 13.5. The SMILES string of the molecule is C=CCOc1cccc(NC(=S)NC(=O)c2ccc(OC)c(I)c2)c1. The van der Waals surface area contributed by atoms with Gasteiger partial charge in [-0.3, -0.25) is 10.1 Å². The summed E-state index contributed by atoms with van der Waals surface area (Å²) in [7, 11) is 1.59. The molecule has 0 aliphatic rings. The van der Waals surface area contributed by atoms with E-state index in [0.29, 0.717) is 23.7 Å². The maximum absolute atomic E-state index is 12.3. The van der Waals surface area contributed by atoms with Crippen molar-refractivity contribution in [1.82, 2.24) is 5.32 Å². The van der Waals surface area contributed by atoms with Crippen molar-refractivity contribution in [3.8, 4) is 11.5 Å². The molecule has 2 aromatic carbocycles. The van der Waals surface area contributed by atoms with E-state index in [2.05, 4.69) is 39.8 Å². The third kappa shape index (κ3) is 5.71. The Hall–Kier alpha value is -2.13. The van der Waals surface area contributed by atoms with E-state index >= 15 is 0 Å². The molecule has 0 unspecified atom stereocenters. The van der Waals surface area contributed by atoms with E-state index in [1.54, 1.807) is 37.5 Å². The first kappa shape index (κ1) is 19.2. The third-order valence-corrected chi connectivity index (χ3v) is 4.15. The quantitative estimate of drug-likeness (QED) is 0.382. The smallest absolute Gasteiger partial charge is 0.257 e. The molecular weight excluding hydrogens is 451 g/mol. The number of thiocarbonyl (C=S) groups is 1. The van der Waals surface area contributed by atoms with Crippen LogP contribution in [0.4, 0.5) is 5.69 Å². The largest absolute Gasteiger partial charge is 0.496 e. The van der Waals surface area contributed by atoms with Gasteiger partial charge in [0.15, 0.2) is 5.11 Å². The number of benzene rings is 2. The number of amides is 1. The molecule has 0 aliphatic carbocycles. The molecular formula is C18H17IN2O3S. The highest BCUT2D eigenvalue weighted by molar-refractivity contribution is 14.1. The first-order chi connectivity index (χ1) is 12.0. The number of hydrogen-bond donors (Lipinski definition) is 2. The predicted octanol–water partition coefficient (Wildman–Crippen LogP) is 3.99. The van der Waals surface area contributed by atoms with Gasteiger partial charge in [-0.15, -0.1) is 0 Å². The van der Waals surface area contributed by atoms with Gasteiger partial charge in [0.05, 0.1) is 10.7 Å². The minimum Gasteiger partial charge on any atom is -0.496 e. The number of ether oxygens (including phenoxy) is 2. The molecule has 0 radical (unpaired) electrons. The summed E-state index contributed by atoms with van der Waals surface area (Å²) >= 11 is 7.31. The summed E-state index contributed by atoms with van der Waals surface area (Å²) in [6.07, 6.45) is 1.67. The molecule has 0 fully saturated rings. The van der Waals surface area contributed by atoms with Gasteiger partial charge in [-0.25, -0.2) is 0 Å². The fourth-order valence-electron chi connectivity index (χ4n) is 1.96. The standard InChI is InChI=1S/C18H17IN2O3S/c1-3-9-24-14-6-4-5-13(11-14)20-18(25)21-17(22)12-7-8-16(23-2)15(19)10-12/h3-8,10-11H,1,9H2,2H3,(H2,20,21,22,25). The Labute approximate surface area is 165 Å². The Bertz CT molecular complexity index is 796. The molecule has 0 aromatic heterocycles.